The van der Waals surface area contributed by atoms with Crippen LogP contribution in [0.2, 0.25) is 0 Å². The van der Waals surface area contributed by atoms with Gasteiger partial charge in [0.1, 0.15) is 30.2 Å². The molecule has 0 bridgehead atoms. The number of nitrogens with one attached hydrogen (secondary N) is 6. The van der Waals surface area contributed by atoms with Crippen LogP contribution in [-0.4, -0.2) is 124 Å². The van der Waals surface area contributed by atoms with Gasteiger partial charge in [-0.25, -0.2) is 4.79 Å². The van der Waals surface area contributed by atoms with E-state index in [1.54, 1.807) is 20.0 Å². The first kappa shape index (κ1) is 51.7. The number of hydrogen-bond donors (Lipinski definition) is 14. The van der Waals surface area contributed by atoms with E-state index in [1.165, 1.54) is 0 Å². The molecule has 0 aliphatic rings. The number of amides is 5. The van der Waals surface area contributed by atoms with Crippen LogP contribution >= 0.6 is 0 Å². The van der Waals surface area contributed by atoms with Gasteiger partial charge >= 0.3 is 11.9 Å². The van der Waals surface area contributed by atoms with E-state index in [-0.39, 0.29) is 75.9 Å². The van der Waals surface area contributed by atoms with Crippen LogP contribution in [0.3, 0.4) is 0 Å². The Morgan fingerprint density at radius 3 is 1.68 bits per heavy atom. The predicted octanol–water partition coefficient (Wildman–Crippen LogP) is -2.70. The number of rotatable bonds is 29. The Morgan fingerprint density at radius 2 is 1.15 bits per heavy atom. The van der Waals surface area contributed by atoms with Crippen molar-refractivity contribution in [3.05, 3.63) is 36.0 Å². The highest BCUT2D eigenvalue weighted by Gasteiger charge is 2.34. The highest BCUT2D eigenvalue weighted by molar-refractivity contribution is 5.97. The van der Waals surface area contributed by atoms with Gasteiger partial charge in [-0.15, -0.1) is 0 Å². The number of H-pyrrole nitrogens is 1. The number of carbonyl (C=O) groups excluding carboxylic acids is 5. The largest absolute Gasteiger partial charge is 0.481 e. The van der Waals surface area contributed by atoms with Crippen molar-refractivity contribution in [1.82, 2.24) is 31.6 Å². The molecule has 1 heterocycles. The molecule has 0 saturated heterocycles. The van der Waals surface area contributed by atoms with E-state index in [0.29, 0.717) is 19.4 Å². The van der Waals surface area contributed by atoms with Gasteiger partial charge in [-0.05, 0) is 81.9 Å². The lowest BCUT2D eigenvalue weighted by Gasteiger charge is -2.27. The van der Waals surface area contributed by atoms with Gasteiger partial charge in [0.2, 0.25) is 29.5 Å². The number of benzene rings is 1. The van der Waals surface area contributed by atoms with Gasteiger partial charge in [0.25, 0.3) is 0 Å². The molecule has 1 aromatic carbocycles. The summed E-state index contributed by atoms with van der Waals surface area (Å²) in [5.74, 6) is -7.76. The van der Waals surface area contributed by atoms with Crippen molar-refractivity contribution in [1.29, 1.82) is 0 Å². The Hall–Kier alpha value is -6.49. The summed E-state index contributed by atoms with van der Waals surface area (Å²) in [6.45, 7) is 3.99. The third kappa shape index (κ3) is 18.8. The molecule has 23 nitrogen and oxygen atoms in total. The number of carboxylic acids is 2. The topological polar surface area (TPSA) is 417 Å². The highest BCUT2D eigenvalue weighted by atomic mass is 16.4. The Kier molecular flexibility index (Phi) is 22.2. The number of hydrogen-bond acceptors (Lipinski definition) is 11. The molecule has 344 valence electrons. The Morgan fingerprint density at radius 1 is 0.661 bits per heavy atom. The molecule has 0 fully saturated rings. The van der Waals surface area contributed by atoms with Crippen LogP contribution in [0.5, 0.6) is 0 Å². The number of aromatic nitrogens is 1. The number of aliphatic carboxylic acids is 2. The van der Waals surface area contributed by atoms with E-state index in [4.69, 9.17) is 34.4 Å². The minimum atomic E-state index is -1.77. The van der Waals surface area contributed by atoms with Crippen molar-refractivity contribution in [3.63, 3.8) is 0 Å². The molecule has 2 aromatic rings. The molecule has 6 atom stereocenters. The number of nitrogens with zero attached hydrogens (tertiary/aromatic N) is 2. The monoisotopic (exact) mass is 872 g/mol. The lowest BCUT2D eigenvalue weighted by atomic mass is 10.0. The summed E-state index contributed by atoms with van der Waals surface area (Å²) in [6, 6.07) is -0.667. The molecular formula is C39H64N14O9. The van der Waals surface area contributed by atoms with Crippen LogP contribution in [0.1, 0.15) is 77.2 Å². The second-order valence-corrected chi connectivity index (χ2v) is 15.2. The minimum Gasteiger partial charge on any atom is -0.481 e. The van der Waals surface area contributed by atoms with Crippen molar-refractivity contribution in [3.8, 4) is 0 Å². The SMILES string of the molecule is CC(C)C[C@H](NC(=O)[C@H](CCCN=C(N)N)NC(=O)[C@@H](N)Cc1c[nH]c2ccccc12)C(=O)N[C@@H](CC(=O)O)C(=O)N[C@@H](CCCN=C(N)N)C(=O)N[C@@H](CCCCN)C(=O)O. The average molecular weight is 873 g/mol. The van der Waals surface area contributed by atoms with Crippen LogP contribution in [0.25, 0.3) is 10.9 Å². The maximum Gasteiger partial charge on any atom is 0.326 e. The minimum absolute atomic E-state index is 0.0181. The van der Waals surface area contributed by atoms with Crippen LogP contribution < -0.4 is 61.0 Å². The maximum absolute atomic E-state index is 13.9. The number of para-hydroxylation sites is 1. The first-order valence-electron chi connectivity index (χ1n) is 20.4. The van der Waals surface area contributed by atoms with Crippen LogP contribution in [0.4, 0.5) is 0 Å². The van der Waals surface area contributed by atoms with Gasteiger partial charge in [0, 0.05) is 30.2 Å². The summed E-state index contributed by atoms with van der Waals surface area (Å²) in [5.41, 5.74) is 35.2. The molecule has 0 radical (unpaired) electrons. The Labute approximate surface area is 359 Å². The second kappa shape index (κ2) is 26.7. The summed E-state index contributed by atoms with van der Waals surface area (Å²) in [6.07, 6.45) is 2.19. The predicted molar refractivity (Wildman–Crippen MR) is 232 cm³/mol. The van der Waals surface area contributed by atoms with Gasteiger partial charge in [-0.1, -0.05) is 32.0 Å². The summed E-state index contributed by atoms with van der Waals surface area (Å²) in [7, 11) is 0. The summed E-state index contributed by atoms with van der Waals surface area (Å²) >= 11 is 0. The van der Waals surface area contributed by atoms with E-state index < -0.39 is 84.1 Å². The van der Waals surface area contributed by atoms with E-state index >= 15 is 0 Å². The third-order valence-electron chi connectivity index (χ3n) is 9.52. The van der Waals surface area contributed by atoms with Crippen molar-refractivity contribution < 1.29 is 43.8 Å². The number of aromatic amines is 1. The summed E-state index contributed by atoms with van der Waals surface area (Å²) in [5, 5.41) is 32.8. The third-order valence-corrected chi connectivity index (χ3v) is 9.52. The van der Waals surface area contributed by atoms with Crippen molar-refractivity contribution >= 4 is 64.3 Å². The molecule has 62 heavy (non-hydrogen) atoms. The number of aliphatic imine (C=N–C) groups is 2. The maximum atomic E-state index is 13.9. The number of carbonyl (C=O) groups is 7. The molecule has 23 heteroatoms. The molecule has 1 aromatic heterocycles. The quantitative estimate of drug-likeness (QED) is 0.0225. The van der Waals surface area contributed by atoms with Crippen LogP contribution in [0, 0.1) is 5.92 Å². The molecular weight excluding hydrogens is 809 g/mol. The zero-order valence-electron chi connectivity index (χ0n) is 35.2. The van der Waals surface area contributed by atoms with Gasteiger partial charge in [0.15, 0.2) is 11.9 Å². The Bertz CT molecular complexity index is 1880. The molecule has 5 amide bonds. The lowest BCUT2D eigenvalue weighted by Crippen LogP contribution is -2.59. The van der Waals surface area contributed by atoms with Gasteiger partial charge < -0.3 is 76.2 Å². The molecule has 2 rings (SSSR count). The molecule has 0 aliphatic heterocycles. The van der Waals surface area contributed by atoms with E-state index in [2.05, 4.69) is 41.6 Å². The van der Waals surface area contributed by atoms with E-state index in [9.17, 15) is 43.8 Å². The molecule has 0 unspecified atom stereocenters. The van der Waals surface area contributed by atoms with Crippen LogP contribution in [0.15, 0.2) is 40.4 Å². The fourth-order valence-corrected chi connectivity index (χ4v) is 6.38. The van der Waals surface area contributed by atoms with Crippen molar-refractivity contribution in [2.45, 2.75) is 114 Å². The van der Waals surface area contributed by atoms with Crippen LogP contribution in [-0.2, 0) is 40.0 Å². The molecule has 0 aliphatic carbocycles. The van der Waals surface area contributed by atoms with Gasteiger partial charge in [-0.2, -0.15) is 0 Å². The first-order valence-corrected chi connectivity index (χ1v) is 20.4. The highest BCUT2D eigenvalue weighted by Crippen LogP contribution is 2.19. The van der Waals surface area contributed by atoms with Crippen molar-refractivity contribution in [2.24, 2.45) is 50.3 Å². The zero-order chi connectivity index (χ0) is 46.4. The number of guanidine groups is 2. The van der Waals surface area contributed by atoms with Gasteiger partial charge in [0.05, 0.1) is 12.5 Å². The standard InChI is InChI=1S/C39H64N14O9/c1-21(2)17-29(52-34(58)26(12-7-15-46-38(42)43)49-32(56)24(41)18-22-20-48-25-10-4-3-9-23(22)25)35(59)53-30(19-31(54)55)36(60)50-27(13-8-16-47-39(44)45)33(57)51-28(37(61)62)11-5-6-14-40/h3-4,9-10,20-21,24,26-30,48H,5-8,11-19,40-41H2,1-2H3,(H,49,56)(H,50,60)(H,51,57)(H,52,58)(H,53,59)(H,54,55)(H,61,62)(H4,42,43,46)(H4,44,45,47)/t24-,26-,27-,28-,29-,30-/m0/s1. The number of fused-ring (bicyclic) bond motifs is 1. The van der Waals surface area contributed by atoms with Crippen molar-refractivity contribution in [2.75, 3.05) is 19.6 Å². The zero-order valence-corrected chi connectivity index (χ0v) is 35.2. The number of unbranched alkanes of at least 4 members (excludes halogenated alkanes) is 1. The first-order chi connectivity index (χ1) is 29.3. The molecule has 0 saturated carbocycles. The Balaban J connectivity index is 2.32. The molecule has 20 N–H and O–H groups in total. The summed E-state index contributed by atoms with van der Waals surface area (Å²) < 4.78 is 0. The van der Waals surface area contributed by atoms with E-state index in [0.717, 1.165) is 16.5 Å². The normalized spacial score (nSPS) is 14.0. The number of nitrogens with two attached hydrogens (primary N) is 6. The smallest absolute Gasteiger partial charge is 0.326 e. The lowest BCUT2D eigenvalue weighted by molar-refractivity contribution is -0.143. The number of carboxylic acid groups (broad SMARTS) is 2. The summed E-state index contributed by atoms with van der Waals surface area (Å²) in [4.78, 5) is 103. The van der Waals surface area contributed by atoms with Gasteiger partial charge in [-0.3, -0.25) is 38.8 Å². The average Bonchev–Trinajstić information content (AvgIpc) is 3.60. The van der Waals surface area contributed by atoms with E-state index in [1.807, 2.05) is 24.3 Å². The molecule has 0 spiro atoms. The fourth-order valence-electron chi connectivity index (χ4n) is 6.38. The second-order valence-electron chi connectivity index (χ2n) is 15.2. The fraction of sp³-hybridized carbons (Fsp3) is 0.564.